The molecule has 1 aliphatic rings. The largest absolute Gasteiger partial charge is 0.390 e. The lowest BCUT2D eigenvalue weighted by Crippen LogP contribution is -2.31. The van der Waals surface area contributed by atoms with Crippen molar-refractivity contribution >= 4 is 0 Å². The van der Waals surface area contributed by atoms with Gasteiger partial charge in [0.15, 0.2) is 0 Å². The Morgan fingerprint density at radius 3 is 1.90 bits per heavy atom. The Morgan fingerprint density at radius 2 is 1.80 bits per heavy atom. The summed E-state index contributed by atoms with van der Waals surface area (Å²) in [5.74, 6) is 0. The van der Waals surface area contributed by atoms with Crippen LogP contribution >= 0.6 is 0 Å². The van der Waals surface area contributed by atoms with Crippen molar-refractivity contribution < 1.29 is 9.84 Å². The lowest BCUT2D eigenvalue weighted by molar-refractivity contribution is 0.0378. The minimum Gasteiger partial charge on any atom is -0.390 e. The summed E-state index contributed by atoms with van der Waals surface area (Å²) in [6.07, 6.45) is 0.0247. The first-order valence-corrected chi connectivity index (χ1v) is 3.76. The molecule has 10 heavy (non-hydrogen) atoms. The van der Waals surface area contributed by atoms with Gasteiger partial charge in [0.2, 0.25) is 0 Å². The molecular formula is C8H16O2. The molecule has 0 aliphatic carbocycles. The second-order valence-corrected chi connectivity index (χ2v) is 4.12. The van der Waals surface area contributed by atoms with Gasteiger partial charge in [-0.3, -0.25) is 0 Å². The van der Waals surface area contributed by atoms with Crippen LogP contribution in [0.15, 0.2) is 0 Å². The molecule has 1 aliphatic heterocycles. The molecule has 0 spiro atoms. The van der Waals surface area contributed by atoms with E-state index in [2.05, 4.69) is 0 Å². The molecule has 1 fully saturated rings. The van der Waals surface area contributed by atoms with Crippen LogP contribution in [0.4, 0.5) is 0 Å². The van der Waals surface area contributed by atoms with Gasteiger partial charge >= 0.3 is 0 Å². The van der Waals surface area contributed by atoms with Crippen molar-refractivity contribution in [3.63, 3.8) is 0 Å². The molecule has 0 radical (unpaired) electrons. The highest BCUT2D eigenvalue weighted by Gasteiger charge is 2.45. The summed E-state index contributed by atoms with van der Waals surface area (Å²) in [7, 11) is 0. The summed E-state index contributed by atoms with van der Waals surface area (Å²) in [5, 5.41) is 9.57. The van der Waals surface area contributed by atoms with E-state index < -0.39 is 0 Å². The van der Waals surface area contributed by atoms with Crippen LogP contribution in [0.3, 0.4) is 0 Å². The van der Waals surface area contributed by atoms with Gasteiger partial charge in [0.1, 0.15) is 6.10 Å². The zero-order chi connectivity index (χ0) is 7.94. The van der Waals surface area contributed by atoms with E-state index in [0.717, 1.165) is 0 Å². The predicted octanol–water partition coefficient (Wildman–Crippen LogP) is 1.18. The molecule has 0 unspecified atom stereocenters. The maximum Gasteiger partial charge on any atom is 0.110 e. The van der Waals surface area contributed by atoms with Crippen molar-refractivity contribution in [3.05, 3.63) is 0 Å². The molecule has 0 aromatic heterocycles. The number of aliphatic hydroxyl groups excluding tert-OH is 1. The third-order valence-electron chi connectivity index (χ3n) is 1.96. The zero-order valence-electron chi connectivity index (χ0n) is 7.09. The number of hydrogen-bond acceptors (Lipinski definition) is 2. The summed E-state index contributed by atoms with van der Waals surface area (Å²) in [4.78, 5) is 0. The van der Waals surface area contributed by atoms with E-state index in [1.165, 1.54) is 0 Å². The van der Waals surface area contributed by atoms with E-state index >= 15 is 0 Å². The first-order chi connectivity index (χ1) is 4.43. The second-order valence-electron chi connectivity index (χ2n) is 4.12. The van der Waals surface area contributed by atoms with Crippen molar-refractivity contribution in [2.75, 3.05) is 0 Å². The van der Waals surface area contributed by atoms with Crippen molar-refractivity contribution in [2.24, 2.45) is 5.41 Å². The fourth-order valence-corrected chi connectivity index (χ4v) is 1.03. The molecule has 3 atom stereocenters. The van der Waals surface area contributed by atoms with Crippen LogP contribution in [0, 0.1) is 5.41 Å². The molecule has 0 saturated carbocycles. The van der Waals surface area contributed by atoms with Gasteiger partial charge in [0.25, 0.3) is 0 Å². The van der Waals surface area contributed by atoms with Gasteiger partial charge in [-0.15, -0.1) is 0 Å². The van der Waals surface area contributed by atoms with Crippen LogP contribution in [0.2, 0.25) is 0 Å². The number of epoxide rings is 1. The summed E-state index contributed by atoms with van der Waals surface area (Å²) in [5.41, 5.74) is -0.0462. The Morgan fingerprint density at radius 1 is 1.40 bits per heavy atom. The smallest absolute Gasteiger partial charge is 0.110 e. The Bertz CT molecular complexity index is 126. The van der Waals surface area contributed by atoms with Crippen LogP contribution in [0.25, 0.3) is 0 Å². The molecule has 0 amide bonds. The van der Waals surface area contributed by atoms with Crippen LogP contribution in [0.5, 0.6) is 0 Å². The zero-order valence-corrected chi connectivity index (χ0v) is 7.09. The Kier molecular flexibility index (Phi) is 1.77. The molecule has 0 aromatic rings. The van der Waals surface area contributed by atoms with E-state index in [-0.39, 0.29) is 23.7 Å². The Hall–Kier alpha value is -0.0800. The topological polar surface area (TPSA) is 32.8 Å². The molecule has 1 heterocycles. The van der Waals surface area contributed by atoms with Crippen molar-refractivity contribution in [2.45, 2.75) is 46.0 Å². The average molecular weight is 144 g/mol. The normalized spacial score (nSPS) is 35.7. The molecule has 1 rings (SSSR count). The second kappa shape index (κ2) is 2.21. The van der Waals surface area contributed by atoms with Crippen LogP contribution in [-0.2, 0) is 4.74 Å². The standard InChI is InChI=1S/C8H16O2/c1-5-6(10-5)7(9)8(2,3)4/h5-7,9H,1-4H3/t5-,6+,7+/m1/s1. The minimum atomic E-state index is -0.317. The number of hydrogen-bond donors (Lipinski definition) is 1. The number of ether oxygens (including phenoxy) is 1. The van der Waals surface area contributed by atoms with E-state index in [1.54, 1.807) is 0 Å². The predicted molar refractivity (Wildman–Crippen MR) is 39.8 cm³/mol. The summed E-state index contributed by atoms with van der Waals surface area (Å²) in [6, 6.07) is 0. The van der Waals surface area contributed by atoms with Crippen molar-refractivity contribution in [1.82, 2.24) is 0 Å². The molecule has 1 N–H and O–H groups in total. The van der Waals surface area contributed by atoms with Gasteiger partial charge in [0.05, 0.1) is 12.2 Å². The van der Waals surface area contributed by atoms with Gasteiger partial charge in [-0.05, 0) is 12.3 Å². The highest BCUT2D eigenvalue weighted by Crippen LogP contribution is 2.33. The average Bonchev–Trinajstić information content (AvgIpc) is 2.42. The highest BCUT2D eigenvalue weighted by molar-refractivity contribution is 4.92. The Balaban J connectivity index is 2.42. The van der Waals surface area contributed by atoms with Gasteiger partial charge in [0, 0.05) is 0 Å². The monoisotopic (exact) mass is 144 g/mol. The summed E-state index contributed by atoms with van der Waals surface area (Å²) >= 11 is 0. The lowest BCUT2D eigenvalue weighted by Gasteiger charge is -2.24. The van der Waals surface area contributed by atoms with E-state index in [0.29, 0.717) is 0 Å². The molecule has 1 saturated heterocycles. The number of aliphatic hydroxyl groups is 1. The summed E-state index contributed by atoms with van der Waals surface area (Å²) in [6.45, 7) is 8.05. The number of rotatable bonds is 1. The molecule has 60 valence electrons. The quantitative estimate of drug-likeness (QED) is 0.560. The third-order valence-corrected chi connectivity index (χ3v) is 1.96. The third kappa shape index (κ3) is 1.50. The fourth-order valence-electron chi connectivity index (χ4n) is 1.03. The molecule has 2 heteroatoms. The summed E-state index contributed by atoms with van der Waals surface area (Å²) < 4.78 is 5.16. The van der Waals surface area contributed by atoms with Gasteiger partial charge in [-0.2, -0.15) is 0 Å². The van der Waals surface area contributed by atoms with Crippen molar-refractivity contribution in [1.29, 1.82) is 0 Å². The van der Waals surface area contributed by atoms with E-state index in [9.17, 15) is 5.11 Å². The molecule has 0 aromatic carbocycles. The van der Waals surface area contributed by atoms with Gasteiger partial charge < -0.3 is 9.84 Å². The molecule has 0 bridgehead atoms. The van der Waals surface area contributed by atoms with E-state index in [1.807, 2.05) is 27.7 Å². The lowest BCUT2D eigenvalue weighted by atomic mass is 9.86. The maximum atomic E-state index is 9.57. The maximum absolute atomic E-state index is 9.57. The van der Waals surface area contributed by atoms with Gasteiger partial charge in [-0.25, -0.2) is 0 Å². The van der Waals surface area contributed by atoms with Gasteiger partial charge in [-0.1, -0.05) is 20.8 Å². The van der Waals surface area contributed by atoms with E-state index in [4.69, 9.17) is 4.74 Å². The molecule has 2 nitrogen and oxygen atoms in total. The van der Waals surface area contributed by atoms with Crippen LogP contribution in [0.1, 0.15) is 27.7 Å². The fraction of sp³-hybridized carbons (Fsp3) is 1.00. The van der Waals surface area contributed by atoms with Crippen LogP contribution in [-0.4, -0.2) is 23.4 Å². The van der Waals surface area contributed by atoms with Crippen LogP contribution < -0.4 is 0 Å². The SMILES string of the molecule is C[C@H]1O[C@@H]1[C@H](O)C(C)(C)C. The Labute approximate surface area is 62.2 Å². The minimum absolute atomic E-state index is 0.0462. The highest BCUT2D eigenvalue weighted by atomic mass is 16.6. The first-order valence-electron chi connectivity index (χ1n) is 3.76. The van der Waals surface area contributed by atoms with Crippen molar-refractivity contribution in [3.8, 4) is 0 Å². The molecular weight excluding hydrogens is 128 g/mol. The first kappa shape index (κ1) is 8.02.